The molecule has 0 amide bonds. The van der Waals surface area contributed by atoms with E-state index in [9.17, 15) is 4.79 Å². The average Bonchev–Trinajstić information content (AvgIpc) is 2.25. The Morgan fingerprint density at radius 2 is 2.07 bits per heavy atom. The molecule has 0 atom stereocenters. The summed E-state index contributed by atoms with van der Waals surface area (Å²) in [4.78, 5) is 10.6. The maximum absolute atomic E-state index is 10.6. The third kappa shape index (κ3) is 4.19. The summed E-state index contributed by atoms with van der Waals surface area (Å²) >= 11 is 0. The maximum atomic E-state index is 10.6. The quantitative estimate of drug-likeness (QED) is 0.553. The van der Waals surface area contributed by atoms with Crippen LogP contribution >= 0.6 is 0 Å². The van der Waals surface area contributed by atoms with E-state index in [1.54, 1.807) is 12.1 Å². The lowest BCUT2D eigenvalue weighted by Crippen LogP contribution is -1.99. The molecule has 0 heterocycles. The molecule has 0 aromatic heterocycles. The molecular weight excluding hydrogens is 192 g/mol. The number of ether oxygens (including phenoxy) is 2. The van der Waals surface area contributed by atoms with Crippen LogP contribution in [0.15, 0.2) is 24.3 Å². The summed E-state index contributed by atoms with van der Waals surface area (Å²) in [5.74, 6) is 2.80. The molecule has 0 aliphatic heterocycles. The highest BCUT2D eigenvalue weighted by atomic mass is 16.5. The van der Waals surface area contributed by atoms with Crippen LogP contribution in [0, 0.1) is 12.3 Å². The van der Waals surface area contributed by atoms with E-state index in [0.29, 0.717) is 5.75 Å². The molecule has 0 spiro atoms. The topological polar surface area (TPSA) is 35.5 Å². The molecule has 0 fully saturated rings. The zero-order valence-electron chi connectivity index (χ0n) is 8.53. The van der Waals surface area contributed by atoms with Gasteiger partial charge < -0.3 is 9.47 Å². The van der Waals surface area contributed by atoms with Crippen LogP contribution in [0.25, 0.3) is 0 Å². The predicted molar refractivity (Wildman–Crippen MR) is 56.2 cm³/mol. The molecule has 0 unspecified atom stereocenters. The molecule has 0 N–H and O–H groups in total. The van der Waals surface area contributed by atoms with Crippen molar-refractivity contribution in [2.45, 2.75) is 13.5 Å². The van der Waals surface area contributed by atoms with Gasteiger partial charge in [-0.25, -0.2) is 0 Å². The van der Waals surface area contributed by atoms with E-state index in [4.69, 9.17) is 15.9 Å². The van der Waals surface area contributed by atoms with Gasteiger partial charge >= 0.3 is 5.97 Å². The zero-order chi connectivity index (χ0) is 11.1. The molecule has 0 saturated carbocycles. The lowest BCUT2D eigenvalue weighted by Gasteiger charge is -2.04. The van der Waals surface area contributed by atoms with Crippen molar-refractivity contribution in [3.8, 4) is 18.1 Å². The second kappa shape index (κ2) is 5.71. The van der Waals surface area contributed by atoms with Gasteiger partial charge in [0.2, 0.25) is 0 Å². The molecule has 0 bridgehead atoms. The molecule has 3 nitrogen and oxygen atoms in total. The number of benzene rings is 1. The summed E-state index contributed by atoms with van der Waals surface area (Å²) in [7, 11) is 0. The highest BCUT2D eigenvalue weighted by Crippen LogP contribution is 2.12. The van der Waals surface area contributed by atoms with Crippen molar-refractivity contribution in [2.24, 2.45) is 0 Å². The van der Waals surface area contributed by atoms with Crippen LogP contribution in [0.4, 0.5) is 0 Å². The first-order chi connectivity index (χ1) is 7.22. The fourth-order valence-corrected chi connectivity index (χ4v) is 0.992. The summed E-state index contributed by atoms with van der Waals surface area (Å²) in [5, 5.41) is 0. The molecule has 0 saturated heterocycles. The van der Waals surface area contributed by atoms with Crippen molar-refractivity contribution in [3.05, 3.63) is 29.8 Å². The summed E-state index contributed by atoms with van der Waals surface area (Å²) in [6, 6.07) is 7.23. The minimum atomic E-state index is -0.289. The first-order valence-electron chi connectivity index (χ1n) is 4.51. The summed E-state index contributed by atoms with van der Waals surface area (Å²) < 4.78 is 10.0. The molecule has 15 heavy (non-hydrogen) atoms. The molecule has 0 radical (unpaired) electrons. The van der Waals surface area contributed by atoms with Gasteiger partial charge in [0.25, 0.3) is 0 Å². The molecule has 1 aromatic rings. The second-order valence-electron chi connectivity index (χ2n) is 2.92. The lowest BCUT2D eigenvalue weighted by molar-refractivity contribution is -0.142. The Hall–Kier alpha value is -1.95. The molecular formula is C12H12O3. The van der Waals surface area contributed by atoms with Crippen LogP contribution < -0.4 is 4.74 Å². The van der Waals surface area contributed by atoms with Gasteiger partial charge in [-0.1, -0.05) is 18.1 Å². The van der Waals surface area contributed by atoms with Gasteiger partial charge in [-0.3, -0.25) is 4.79 Å². The van der Waals surface area contributed by atoms with E-state index in [-0.39, 0.29) is 19.2 Å². The Labute approximate surface area is 89.0 Å². The van der Waals surface area contributed by atoms with Crippen LogP contribution in [0.1, 0.15) is 12.5 Å². The number of hydrogen-bond acceptors (Lipinski definition) is 3. The molecule has 1 rings (SSSR count). The minimum Gasteiger partial charge on any atom is -0.481 e. The standard InChI is InChI=1S/C12H12O3/c1-3-8-14-12-6-4-11(5-7-12)9-15-10(2)13/h1,4-7H,8-9H2,2H3. The van der Waals surface area contributed by atoms with Crippen LogP contribution in [0.5, 0.6) is 5.75 Å². The van der Waals surface area contributed by atoms with Gasteiger partial charge in [0, 0.05) is 6.92 Å². The Kier molecular flexibility index (Phi) is 4.24. The molecule has 78 valence electrons. The third-order valence-corrected chi connectivity index (χ3v) is 1.69. The number of rotatable bonds is 4. The average molecular weight is 204 g/mol. The van der Waals surface area contributed by atoms with E-state index in [1.807, 2.05) is 12.1 Å². The van der Waals surface area contributed by atoms with E-state index in [1.165, 1.54) is 6.92 Å². The highest BCUT2D eigenvalue weighted by Gasteiger charge is 1.97. The van der Waals surface area contributed by atoms with E-state index >= 15 is 0 Å². The molecule has 1 aromatic carbocycles. The Balaban J connectivity index is 2.49. The molecule has 3 heteroatoms. The van der Waals surface area contributed by atoms with Gasteiger partial charge in [0.1, 0.15) is 19.0 Å². The third-order valence-electron chi connectivity index (χ3n) is 1.69. The monoisotopic (exact) mass is 204 g/mol. The fraction of sp³-hybridized carbons (Fsp3) is 0.250. The lowest BCUT2D eigenvalue weighted by atomic mass is 10.2. The van der Waals surface area contributed by atoms with Crippen molar-refractivity contribution in [3.63, 3.8) is 0 Å². The predicted octanol–water partition coefficient (Wildman–Crippen LogP) is 1.76. The van der Waals surface area contributed by atoms with Gasteiger partial charge in [-0.15, -0.1) is 6.42 Å². The first-order valence-corrected chi connectivity index (χ1v) is 4.51. The van der Waals surface area contributed by atoms with Crippen molar-refractivity contribution < 1.29 is 14.3 Å². The second-order valence-corrected chi connectivity index (χ2v) is 2.92. The number of hydrogen-bond donors (Lipinski definition) is 0. The van der Waals surface area contributed by atoms with Crippen molar-refractivity contribution in [2.75, 3.05) is 6.61 Å². The van der Waals surface area contributed by atoms with Crippen LogP contribution in [0.3, 0.4) is 0 Å². The Morgan fingerprint density at radius 3 is 2.60 bits per heavy atom. The van der Waals surface area contributed by atoms with Crippen LogP contribution in [-0.2, 0) is 16.1 Å². The molecule has 0 aliphatic carbocycles. The summed E-state index contributed by atoms with van der Waals surface area (Å²) in [6.07, 6.45) is 5.05. The smallest absolute Gasteiger partial charge is 0.302 e. The normalized spacial score (nSPS) is 9.07. The highest BCUT2D eigenvalue weighted by molar-refractivity contribution is 5.65. The van der Waals surface area contributed by atoms with Crippen molar-refractivity contribution in [1.82, 2.24) is 0 Å². The van der Waals surface area contributed by atoms with E-state index < -0.39 is 0 Å². The fourth-order valence-electron chi connectivity index (χ4n) is 0.992. The number of esters is 1. The van der Waals surface area contributed by atoms with Crippen molar-refractivity contribution in [1.29, 1.82) is 0 Å². The largest absolute Gasteiger partial charge is 0.481 e. The van der Waals surface area contributed by atoms with Gasteiger partial charge in [-0.05, 0) is 17.7 Å². The minimum absolute atomic E-state index is 0.253. The van der Waals surface area contributed by atoms with Gasteiger partial charge in [-0.2, -0.15) is 0 Å². The zero-order valence-corrected chi connectivity index (χ0v) is 8.53. The Morgan fingerprint density at radius 1 is 1.40 bits per heavy atom. The first kappa shape index (κ1) is 11.1. The summed E-state index contributed by atoms with van der Waals surface area (Å²) in [6.45, 7) is 1.92. The molecule has 0 aliphatic rings. The maximum Gasteiger partial charge on any atom is 0.302 e. The number of terminal acetylenes is 1. The summed E-state index contributed by atoms with van der Waals surface area (Å²) in [5.41, 5.74) is 0.915. The number of carbonyl (C=O) groups excluding carboxylic acids is 1. The van der Waals surface area contributed by atoms with Crippen LogP contribution in [-0.4, -0.2) is 12.6 Å². The van der Waals surface area contributed by atoms with E-state index in [2.05, 4.69) is 5.92 Å². The van der Waals surface area contributed by atoms with Gasteiger partial charge in [0.05, 0.1) is 0 Å². The van der Waals surface area contributed by atoms with Crippen molar-refractivity contribution >= 4 is 5.97 Å². The van der Waals surface area contributed by atoms with Crippen LogP contribution in [0.2, 0.25) is 0 Å². The SMILES string of the molecule is C#CCOc1ccc(COC(C)=O)cc1. The Bertz CT molecular complexity index is 359. The van der Waals surface area contributed by atoms with Gasteiger partial charge in [0.15, 0.2) is 0 Å². The number of carbonyl (C=O) groups is 1. The van der Waals surface area contributed by atoms with E-state index in [0.717, 1.165) is 5.56 Å².